The SMILES string of the molecule is CCC(C)C(=O)N[C@H](C(=O)N1CCC[C@H]1C(=O)NCCc1ccc(-c2scnc2C)cc1O)C(C)(C)C. The number of thiazole rings is 1. The fourth-order valence-electron chi connectivity index (χ4n) is 4.52. The molecule has 1 aliphatic heterocycles. The second kappa shape index (κ2) is 12.1. The van der Waals surface area contributed by atoms with E-state index >= 15 is 0 Å². The molecule has 2 heterocycles. The molecule has 2 aromatic rings. The number of rotatable bonds is 9. The van der Waals surface area contributed by atoms with Crippen LogP contribution < -0.4 is 10.6 Å². The van der Waals surface area contributed by atoms with Crippen LogP contribution in [0.4, 0.5) is 0 Å². The van der Waals surface area contributed by atoms with Gasteiger partial charge < -0.3 is 20.6 Å². The summed E-state index contributed by atoms with van der Waals surface area (Å²) >= 11 is 1.53. The maximum absolute atomic E-state index is 13.5. The highest BCUT2D eigenvalue weighted by Crippen LogP contribution is 2.31. The number of phenols is 1. The van der Waals surface area contributed by atoms with Gasteiger partial charge in [-0.15, -0.1) is 11.3 Å². The van der Waals surface area contributed by atoms with Gasteiger partial charge in [-0.1, -0.05) is 46.8 Å². The number of carbonyl (C=O) groups excluding carboxylic acids is 3. The second-order valence-electron chi connectivity index (χ2n) is 11.0. The van der Waals surface area contributed by atoms with Crippen molar-refractivity contribution in [3.8, 4) is 16.2 Å². The molecule has 3 rings (SSSR count). The molecule has 9 heteroatoms. The maximum Gasteiger partial charge on any atom is 0.246 e. The number of amides is 3. The zero-order valence-electron chi connectivity index (χ0n) is 22.8. The maximum atomic E-state index is 13.5. The normalized spacial score (nSPS) is 17.4. The van der Waals surface area contributed by atoms with Gasteiger partial charge in [-0.3, -0.25) is 14.4 Å². The lowest BCUT2D eigenvalue weighted by Crippen LogP contribution is -2.58. The zero-order chi connectivity index (χ0) is 27.3. The fourth-order valence-corrected chi connectivity index (χ4v) is 5.32. The van der Waals surface area contributed by atoms with Crippen LogP contribution in [-0.2, 0) is 20.8 Å². The van der Waals surface area contributed by atoms with Crippen molar-refractivity contribution in [2.75, 3.05) is 13.1 Å². The number of phenolic OH excluding ortho intramolecular Hbond substituents is 1. The third-order valence-corrected chi connectivity index (χ3v) is 8.06. The molecule has 1 aliphatic rings. The van der Waals surface area contributed by atoms with E-state index in [1.807, 2.05) is 53.7 Å². The highest BCUT2D eigenvalue weighted by molar-refractivity contribution is 7.13. The van der Waals surface area contributed by atoms with Gasteiger partial charge in [-0.25, -0.2) is 4.98 Å². The number of hydrogen-bond donors (Lipinski definition) is 3. The van der Waals surface area contributed by atoms with Crippen LogP contribution in [0.1, 0.15) is 65.1 Å². The van der Waals surface area contributed by atoms with E-state index in [0.29, 0.717) is 32.4 Å². The number of benzene rings is 1. The lowest BCUT2D eigenvalue weighted by Gasteiger charge is -2.36. The molecule has 3 N–H and O–H groups in total. The van der Waals surface area contributed by atoms with Crippen LogP contribution in [0, 0.1) is 18.3 Å². The number of hydrogen-bond acceptors (Lipinski definition) is 6. The first kappa shape index (κ1) is 28.6. The van der Waals surface area contributed by atoms with Crippen molar-refractivity contribution < 1.29 is 19.5 Å². The molecule has 37 heavy (non-hydrogen) atoms. The number of aromatic hydroxyl groups is 1. The van der Waals surface area contributed by atoms with Crippen LogP contribution in [0.5, 0.6) is 5.75 Å². The van der Waals surface area contributed by atoms with E-state index in [2.05, 4.69) is 15.6 Å². The second-order valence-corrected chi connectivity index (χ2v) is 11.8. The van der Waals surface area contributed by atoms with Crippen molar-refractivity contribution in [1.82, 2.24) is 20.5 Å². The van der Waals surface area contributed by atoms with Crippen LogP contribution in [-0.4, -0.2) is 57.9 Å². The Balaban J connectivity index is 1.61. The predicted octanol–water partition coefficient (Wildman–Crippen LogP) is 4.05. The summed E-state index contributed by atoms with van der Waals surface area (Å²) in [5.41, 5.74) is 3.87. The first-order valence-corrected chi connectivity index (χ1v) is 13.9. The van der Waals surface area contributed by atoms with Crippen molar-refractivity contribution in [1.29, 1.82) is 0 Å². The van der Waals surface area contributed by atoms with Gasteiger partial charge >= 0.3 is 0 Å². The molecular weight excluding hydrogens is 488 g/mol. The number of aryl methyl sites for hydroxylation is 1. The highest BCUT2D eigenvalue weighted by Gasteiger charge is 2.42. The Morgan fingerprint density at radius 3 is 2.59 bits per heavy atom. The van der Waals surface area contributed by atoms with Crippen molar-refractivity contribution in [3.05, 3.63) is 35.0 Å². The van der Waals surface area contributed by atoms with Gasteiger partial charge in [0.05, 0.1) is 16.1 Å². The average Bonchev–Trinajstić information content (AvgIpc) is 3.51. The molecule has 8 nitrogen and oxygen atoms in total. The van der Waals surface area contributed by atoms with Crippen LogP contribution >= 0.6 is 11.3 Å². The summed E-state index contributed by atoms with van der Waals surface area (Å²) in [5, 5.41) is 16.4. The van der Waals surface area contributed by atoms with E-state index < -0.39 is 17.5 Å². The monoisotopic (exact) mass is 528 g/mol. The molecule has 0 radical (unpaired) electrons. The Kier molecular flexibility index (Phi) is 9.34. The van der Waals surface area contributed by atoms with E-state index in [-0.39, 0.29) is 29.4 Å². The summed E-state index contributed by atoms with van der Waals surface area (Å²) in [6, 6.07) is 4.28. The van der Waals surface area contributed by atoms with E-state index in [1.165, 1.54) is 11.3 Å². The van der Waals surface area contributed by atoms with Gasteiger partial charge in [0.1, 0.15) is 17.8 Å². The van der Waals surface area contributed by atoms with Crippen LogP contribution in [0.25, 0.3) is 10.4 Å². The molecule has 0 spiro atoms. The molecule has 0 saturated carbocycles. The lowest BCUT2D eigenvalue weighted by atomic mass is 9.85. The first-order chi connectivity index (χ1) is 17.4. The van der Waals surface area contributed by atoms with Crippen LogP contribution in [0.2, 0.25) is 0 Å². The third-order valence-electron chi connectivity index (χ3n) is 7.08. The van der Waals surface area contributed by atoms with Gasteiger partial charge in [0, 0.05) is 19.0 Å². The molecule has 3 atom stereocenters. The van der Waals surface area contributed by atoms with Gasteiger partial charge in [0.25, 0.3) is 0 Å². The Morgan fingerprint density at radius 2 is 2.00 bits per heavy atom. The quantitative estimate of drug-likeness (QED) is 0.455. The fraction of sp³-hybridized carbons (Fsp3) is 0.571. The molecule has 1 aromatic carbocycles. The molecule has 202 valence electrons. The molecular formula is C28H40N4O4S. The zero-order valence-corrected chi connectivity index (χ0v) is 23.6. The number of likely N-dealkylation sites (tertiary alicyclic amines) is 1. The van der Waals surface area contributed by atoms with E-state index in [1.54, 1.807) is 16.5 Å². The summed E-state index contributed by atoms with van der Waals surface area (Å²) in [6.07, 6.45) is 2.48. The van der Waals surface area contributed by atoms with Crippen molar-refractivity contribution in [2.24, 2.45) is 11.3 Å². The summed E-state index contributed by atoms with van der Waals surface area (Å²) in [7, 11) is 0. The van der Waals surface area contributed by atoms with Gasteiger partial charge in [0.15, 0.2) is 0 Å². The van der Waals surface area contributed by atoms with E-state index in [0.717, 1.165) is 28.1 Å². The van der Waals surface area contributed by atoms with Crippen LogP contribution in [0.3, 0.4) is 0 Å². The average molecular weight is 529 g/mol. The molecule has 1 fully saturated rings. The van der Waals surface area contributed by atoms with E-state index in [4.69, 9.17) is 0 Å². The smallest absolute Gasteiger partial charge is 0.246 e. The summed E-state index contributed by atoms with van der Waals surface area (Å²) < 4.78 is 0. The predicted molar refractivity (Wildman–Crippen MR) is 146 cm³/mol. The summed E-state index contributed by atoms with van der Waals surface area (Å²) in [4.78, 5) is 46.1. The molecule has 1 saturated heterocycles. The molecule has 1 aromatic heterocycles. The van der Waals surface area contributed by atoms with Gasteiger partial charge in [-0.2, -0.15) is 0 Å². The Hall–Kier alpha value is -2.94. The molecule has 0 aliphatic carbocycles. The topological polar surface area (TPSA) is 112 Å². The minimum atomic E-state index is -0.708. The molecule has 0 bridgehead atoms. The van der Waals surface area contributed by atoms with Crippen molar-refractivity contribution in [3.63, 3.8) is 0 Å². The number of nitrogens with one attached hydrogen (secondary N) is 2. The van der Waals surface area contributed by atoms with Crippen molar-refractivity contribution >= 4 is 29.1 Å². The standard InChI is InChI=1S/C28H40N4O4S/c1-7-17(2)25(34)31-24(28(4,5)6)27(36)32-14-8-9-21(32)26(35)29-13-12-19-10-11-20(15-22(19)33)23-18(3)30-16-37-23/h10-11,15-17,21,24,33H,7-9,12-14H2,1-6H3,(H,29,35)(H,31,34)/t17?,21-,24+/m0/s1. The Labute approximate surface area is 223 Å². The Bertz CT molecular complexity index is 1120. The third kappa shape index (κ3) is 6.89. The van der Waals surface area contributed by atoms with Gasteiger partial charge in [0.2, 0.25) is 17.7 Å². The number of carbonyl (C=O) groups is 3. The highest BCUT2D eigenvalue weighted by atomic mass is 32.1. The lowest BCUT2D eigenvalue weighted by molar-refractivity contribution is -0.144. The molecule has 3 amide bonds. The first-order valence-electron chi connectivity index (χ1n) is 13.0. The molecule has 1 unspecified atom stereocenters. The Morgan fingerprint density at radius 1 is 1.27 bits per heavy atom. The summed E-state index contributed by atoms with van der Waals surface area (Å²) in [5.74, 6) is -0.571. The van der Waals surface area contributed by atoms with Crippen LogP contribution in [0.15, 0.2) is 23.7 Å². The number of nitrogens with zero attached hydrogens (tertiary/aromatic N) is 2. The minimum Gasteiger partial charge on any atom is -0.508 e. The van der Waals surface area contributed by atoms with E-state index in [9.17, 15) is 19.5 Å². The largest absolute Gasteiger partial charge is 0.508 e. The minimum absolute atomic E-state index is 0.146. The summed E-state index contributed by atoms with van der Waals surface area (Å²) in [6.45, 7) is 12.3. The van der Waals surface area contributed by atoms with Gasteiger partial charge in [-0.05, 0) is 55.2 Å². The number of aromatic nitrogens is 1. The van der Waals surface area contributed by atoms with Crippen molar-refractivity contribution in [2.45, 2.75) is 79.3 Å².